The summed E-state index contributed by atoms with van der Waals surface area (Å²) in [7, 11) is 0. The van der Waals surface area contributed by atoms with Crippen LogP contribution in [0.2, 0.25) is 0 Å². The Morgan fingerprint density at radius 3 is 1.53 bits per heavy atom. The predicted octanol–water partition coefficient (Wildman–Crippen LogP) is 4.97. The summed E-state index contributed by atoms with van der Waals surface area (Å²) in [6, 6.07) is 2.29. The lowest BCUT2D eigenvalue weighted by atomic mass is 9.80. The second-order valence-electron chi connectivity index (χ2n) is 4.11. The van der Waals surface area contributed by atoms with Crippen molar-refractivity contribution in [2.45, 2.75) is 25.4 Å². The summed E-state index contributed by atoms with van der Waals surface area (Å²) >= 11 is 0. The maximum atomic E-state index is 13.7. The average Bonchev–Trinajstić information content (AvgIpc) is 2.25. The highest BCUT2D eigenvalue weighted by Crippen LogP contribution is 2.58. The Bertz CT molecular complexity index is 413. The summed E-state index contributed by atoms with van der Waals surface area (Å²) in [4.78, 5) is 0. The monoisotopic (exact) mass is 292 g/mol. The number of benzene rings is 1. The second-order valence-corrected chi connectivity index (χ2v) is 4.11. The highest BCUT2D eigenvalue weighted by atomic mass is 19.4. The molecule has 108 valence electrons. The van der Waals surface area contributed by atoms with E-state index in [1.54, 1.807) is 0 Å². The largest absolute Gasteiger partial charge is 0.406 e. The molecule has 8 heteroatoms. The van der Waals surface area contributed by atoms with E-state index in [2.05, 4.69) is 0 Å². The Labute approximate surface area is 103 Å². The van der Waals surface area contributed by atoms with Gasteiger partial charge in [-0.25, -0.2) is 8.78 Å². The van der Waals surface area contributed by atoms with Crippen molar-refractivity contribution >= 4 is 0 Å². The van der Waals surface area contributed by atoms with E-state index in [9.17, 15) is 35.1 Å². The lowest BCUT2D eigenvalue weighted by Crippen LogP contribution is -2.50. The van der Waals surface area contributed by atoms with Crippen molar-refractivity contribution in [3.8, 4) is 0 Å². The van der Waals surface area contributed by atoms with Crippen molar-refractivity contribution in [1.82, 2.24) is 0 Å². The lowest BCUT2D eigenvalue weighted by molar-refractivity contribution is -0.353. The van der Waals surface area contributed by atoms with Gasteiger partial charge in [0.25, 0.3) is 0 Å². The summed E-state index contributed by atoms with van der Waals surface area (Å²) in [5, 5.41) is 0. The average molecular weight is 292 g/mol. The van der Waals surface area contributed by atoms with Crippen LogP contribution in [0, 0.1) is 11.2 Å². The minimum atomic E-state index is -5.83. The molecule has 0 amide bonds. The van der Waals surface area contributed by atoms with E-state index in [1.807, 2.05) is 0 Å². The standard InChI is InChI=1S/C11H8F8/c1-9(10(14,15)16,11(17,18)19)8(13)6-2-4-7(12)5-3-6/h2-5,8H,1H3. The first-order valence-electron chi connectivity index (χ1n) is 4.94. The van der Waals surface area contributed by atoms with Crippen molar-refractivity contribution in [3.05, 3.63) is 35.6 Å². The maximum absolute atomic E-state index is 13.7. The van der Waals surface area contributed by atoms with Crippen molar-refractivity contribution in [3.63, 3.8) is 0 Å². The van der Waals surface area contributed by atoms with Crippen LogP contribution in [-0.2, 0) is 0 Å². The molecule has 1 aromatic carbocycles. The Kier molecular flexibility index (Phi) is 3.84. The highest BCUT2D eigenvalue weighted by molar-refractivity contribution is 5.22. The number of halogens is 8. The van der Waals surface area contributed by atoms with Gasteiger partial charge in [0.2, 0.25) is 0 Å². The Balaban J connectivity index is 3.31. The molecule has 0 saturated heterocycles. The first kappa shape index (κ1) is 15.7. The molecule has 0 aromatic heterocycles. The molecule has 0 bridgehead atoms. The van der Waals surface area contributed by atoms with Crippen molar-refractivity contribution < 1.29 is 35.1 Å². The number of hydrogen-bond donors (Lipinski definition) is 0. The fourth-order valence-corrected chi connectivity index (χ4v) is 1.41. The SMILES string of the molecule is CC(C(F)c1ccc(F)cc1)(C(F)(F)F)C(F)(F)F. The Hall–Kier alpha value is -1.34. The van der Waals surface area contributed by atoms with Gasteiger partial charge in [-0.15, -0.1) is 0 Å². The third-order valence-corrected chi connectivity index (χ3v) is 2.85. The molecule has 0 N–H and O–H groups in total. The molecule has 0 radical (unpaired) electrons. The first-order chi connectivity index (χ1) is 8.41. The van der Waals surface area contributed by atoms with Crippen LogP contribution in [0.25, 0.3) is 0 Å². The summed E-state index contributed by atoms with van der Waals surface area (Å²) < 4.78 is 102. The Morgan fingerprint density at radius 1 is 0.842 bits per heavy atom. The summed E-state index contributed by atoms with van der Waals surface area (Å²) in [6.45, 7) is -0.263. The molecule has 1 rings (SSSR count). The van der Waals surface area contributed by atoms with Crippen LogP contribution in [0.15, 0.2) is 24.3 Å². The first-order valence-corrected chi connectivity index (χ1v) is 4.94. The van der Waals surface area contributed by atoms with Crippen LogP contribution >= 0.6 is 0 Å². The molecule has 1 unspecified atom stereocenters. The van der Waals surface area contributed by atoms with Gasteiger partial charge in [-0.1, -0.05) is 12.1 Å². The maximum Gasteiger partial charge on any atom is 0.406 e. The minimum Gasteiger partial charge on any atom is -0.241 e. The molecule has 0 aliphatic heterocycles. The zero-order chi connectivity index (χ0) is 15.1. The number of alkyl halides is 7. The quantitative estimate of drug-likeness (QED) is 0.675. The molecule has 19 heavy (non-hydrogen) atoms. The smallest absolute Gasteiger partial charge is 0.241 e. The van der Waals surface area contributed by atoms with Gasteiger partial charge in [0, 0.05) is 0 Å². The molecular weight excluding hydrogens is 284 g/mol. The minimum absolute atomic E-state index is 0.263. The van der Waals surface area contributed by atoms with Crippen LogP contribution < -0.4 is 0 Å². The van der Waals surface area contributed by atoms with Gasteiger partial charge in [0.1, 0.15) is 12.0 Å². The van der Waals surface area contributed by atoms with Crippen LogP contribution in [0.4, 0.5) is 35.1 Å². The molecule has 0 fully saturated rings. The van der Waals surface area contributed by atoms with Crippen LogP contribution in [0.1, 0.15) is 18.7 Å². The zero-order valence-corrected chi connectivity index (χ0v) is 9.41. The summed E-state index contributed by atoms with van der Waals surface area (Å²) in [5.41, 5.74) is -5.45. The summed E-state index contributed by atoms with van der Waals surface area (Å²) in [6.07, 6.45) is -15.0. The van der Waals surface area contributed by atoms with Gasteiger partial charge < -0.3 is 0 Å². The van der Waals surface area contributed by atoms with Gasteiger partial charge in [-0.05, 0) is 24.6 Å². The number of rotatable bonds is 2. The van der Waals surface area contributed by atoms with Gasteiger partial charge in [0.05, 0.1) is 0 Å². The number of hydrogen-bond acceptors (Lipinski definition) is 0. The zero-order valence-electron chi connectivity index (χ0n) is 9.41. The van der Waals surface area contributed by atoms with E-state index in [4.69, 9.17) is 0 Å². The van der Waals surface area contributed by atoms with Gasteiger partial charge in [-0.3, -0.25) is 0 Å². The lowest BCUT2D eigenvalue weighted by Gasteiger charge is -2.36. The van der Waals surface area contributed by atoms with Crippen LogP contribution in [-0.4, -0.2) is 12.4 Å². The topological polar surface area (TPSA) is 0 Å². The van der Waals surface area contributed by atoms with E-state index in [0.29, 0.717) is 24.3 Å². The van der Waals surface area contributed by atoms with Crippen molar-refractivity contribution in [2.75, 3.05) is 0 Å². The van der Waals surface area contributed by atoms with E-state index in [0.717, 1.165) is 0 Å². The third kappa shape index (κ3) is 2.66. The van der Waals surface area contributed by atoms with E-state index in [1.165, 1.54) is 0 Å². The van der Waals surface area contributed by atoms with Crippen LogP contribution in [0.3, 0.4) is 0 Å². The molecule has 0 nitrogen and oxygen atoms in total. The molecule has 0 heterocycles. The van der Waals surface area contributed by atoms with Gasteiger partial charge in [-0.2, -0.15) is 26.3 Å². The van der Waals surface area contributed by atoms with E-state index >= 15 is 0 Å². The molecule has 1 atom stereocenters. The van der Waals surface area contributed by atoms with Gasteiger partial charge in [0.15, 0.2) is 5.41 Å². The van der Waals surface area contributed by atoms with Crippen molar-refractivity contribution in [2.24, 2.45) is 5.41 Å². The Morgan fingerprint density at radius 2 is 1.21 bits per heavy atom. The predicted molar refractivity (Wildman–Crippen MR) is 50.5 cm³/mol. The van der Waals surface area contributed by atoms with Crippen LogP contribution in [0.5, 0.6) is 0 Å². The summed E-state index contributed by atoms with van der Waals surface area (Å²) in [5.74, 6) is -0.892. The third-order valence-electron chi connectivity index (χ3n) is 2.85. The van der Waals surface area contributed by atoms with Crippen molar-refractivity contribution in [1.29, 1.82) is 0 Å². The van der Waals surface area contributed by atoms with E-state index in [-0.39, 0.29) is 6.92 Å². The fraction of sp³-hybridized carbons (Fsp3) is 0.455. The molecule has 0 spiro atoms. The molecule has 0 aliphatic carbocycles. The van der Waals surface area contributed by atoms with E-state index < -0.39 is 35.3 Å². The normalized spacial score (nSPS) is 15.4. The highest BCUT2D eigenvalue weighted by Gasteiger charge is 2.72. The second kappa shape index (κ2) is 4.64. The molecule has 0 saturated carbocycles. The van der Waals surface area contributed by atoms with Gasteiger partial charge >= 0.3 is 12.4 Å². The molecule has 1 aromatic rings. The molecular formula is C11H8F8. The molecule has 0 aliphatic rings. The fourth-order valence-electron chi connectivity index (χ4n) is 1.41.